The van der Waals surface area contributed by atoms with Crippen LogP contribution in [0.1, 0.15) is 24.8 Å². The molecule has 1 fully saturated rings. The summed E-state index contributed by atoms with van der Waals surface area (Å²) in [7, 11) is 0. The number of hydrogen-bond acceptors (Lipinski definition) is 3. The van der Waals surface area contributed by atoms with Crippen LogP contribution in [0.4, 0.5) is 0 Å². The minimum absolute atomic E-state index is 0.0670. The van der Waals surface area contributed by atoms with Crippen molar-refractivity contribution in [2.24, 2.45) is 0 Å². The number of para-hydroxylation sites is 2. The number of benzene rings is 2. The summed E-state index contributed by atoms with van der Waals surface area (Å²) >= 11 is 0. The van der Waals surface area contributed by atoms with Gasteiger partial charge in [-0.25, -0.2) is 0 Å². The first-order valence-electron chi connectivity index (χ1n) is 7.99. The van der Waals surface area contributed by atoms with Crippen molar-refractivity contribution in [3.8, 4) is 0 Å². The largest absolute Gasteiger partial charge is 0.455 e. The van der Waals surface area contributed by atoms with E-state index in [-0.39, 0.29) is 5.43 Å². The molecular weight excluding hydrogens is 274 g/mol. The van der Waals surface area contributed by atoms with Crippen LogP contribution in [0.25, 0.3) is 21.9 Å². The van der Waals surface area contributed by atoms with Crippen LogP contribution in [0.2, 0.25) is 0 Å². The Morgan fingerprint density at radius 2 is 1.68 bits per heavy atom. The summed E-state index contributed by atoms with van der Waals surface area (Å²) < 4.78 is 6.07. The monoisotopic (exact) mass is 293 g/mol. The third-order valence-electron chi connectivity index (χ3n) is 4.53. The van der Waals surface area contributed by atoms with Crippen LogP contribution in [-0.4, -0.2) is 18.0 Å². The van der Waals surface area contributed by atoms with E-state index in [2.05, 4.69) is 11.0 Å². The second-order valence-corrected chi connectivity index (χ2v) is 6.06. The third kappa shape index (κ3) is 2.32. The Morgan fingerprint density at radius 3 is 2.55 bits per heavy atom. The summed E-state index contributed by atoms with van der Waals surface area (Å²) in [4.78, 5) is 15.1. The molecule has 4 rings (SSSR count). The highest BCUT2D eigenvalue weighted by atomic mass is 16.3. The van der Waals surface area contributed by atoms with Gasteiger partial charge in [-0.1, -0.05) is 30.7 Å². The highest BCUT2D eigenvalue weighted by molar-refractivity contribution is 5.90. The lowest BCUT2D eigenvalue weighted by molar-refractivity contribution is 0.221. The van der Waals surface area contributed by atoms with Crippen molar-refractivity contribution in [3.05, 3.63) is 58.3 Å². The molecule has 0 unspecified atom stereocenters. The predicted octanol–water partition coefficient (Wildman–Crippen LogP) is 3.93. The predicted molar refractivity (Wildman–Crippen MR) is 89.1 cm³/mol. The van der Waals surface area contributed by atoms with E-state index >= 15 is 0 Å². The molecule has 0 aliphatic carbocycles. The van der Waals surface area contributed by atoms with Crippen LogP contribution in [0.15, 0.2) is 51.7 Å². The van der Waals surface area contributed by atoms with Gasteiger partial charge in [-0.2, -0.15) is 0 Å². The van der Waals surface area contributed by atoms with Crippen LogP contribution in [-0.2, 0) is 6.54 Å². The Labute approximate surface area is 129 Å². The third-order valence-corrected chi connectivity index (χ3v) is 4.53. The number of piperidine rings is 1. The van der Waals surface area contributed by atoms with Crippen LogP contribution in [0, 0.1) is 0 Å². The minimum Gasteiger partial charge on any atom is -0.455 e. The fraction of sp³-hybridized carbons (Fsp3) is 0.316. The van der Waals surface area contributed by atoms with E-state index in [1.165, 1.54) is 19.3 Å². The highest BCUT2D eigenvalue weighted by Gasteiger charge is 2.15. The molecule has 22 heavy (non-hydrogen) atoms. The summed E-state index contributed by atoms with van der Waals surface area (Å²) in [6.07, 6.45) is 3.85. The van der Waals surface area contributed by atoms with Crippen molar-refractivity contribution in [2.45, 2.75) is 25.8 Å². The maximum atomic E-state index is 12.7. The molecule has 1 aliphatic heterocycles. The van der Waals surface area contributed by atoms with Gasteiger partial charge < -0.3 is 4.42 Å². The SMILES string of the molecule is O=c1c2ccccc2oc2c(CN3CCCCC3)cccc12. The molecule has 3 nitrogen and oxygen atoms in total. The maximum Gasteiger partial charge on any atom is 0.200 e. The molecule has 112 valence electrons. The Hall–Kier alpha value is -2.13. The quantitative estimate of drug-likeness (QED) is 0.671. The van der Waals surface area contributed by atoms with Crippen molar-refractivity contribution >= 4 is 21.9 Å². The summed E-state index contributed by atoms with van der Waals surface area (Å²) in [6.45, 7) is 3.13. The van der Waals surface area contributed by atoms with E-state index in [9.17, 15) is 4.79 Å². The topological polar surface area (TPSA) is 33.5 Å². The standard InChI is InChI=1S/C19H19NO2/c21-18-15-8-2-3-10-17(15)22-19-14(7-6-9-16(18)19)13-20-11-4-1-5-12-20/h2-3,6-10H,1,4-5,11-13H2. The Kier molecular flexibility index (Phi) is 3.43. The molecule has 0 amide bonds. The fourth-order valence-electron chi connectivity index (χ4n) is 3.37. The van der Waals surface area contributed by atoms with Gasteiger partial charge >= 0.3 is 0 Å². The Balaban J connectivity index is 1.86. The zero-order valence-electron chi connectivity index (χ0n) is 12.5. The summed E-state index contributed by atoms with van der Waals surface area (Å²) in [6, 6.07) is 13.4. The van der Waals surface area contributed by atoms with Crippen molar-refractivity contribution in [1.82, 2.24) is 4.90 Å². The summed E-state index contributed by atoms with van der Waals surface area (Å²) in [5, 5.41) is 1.35. The number of rotatable bonds is 2. The molecule has 0 saturated carbocycles. The minimum atomic E-state index is 0.0670. The van der Waals surface area contributed by atoms with E-state index in [1.54, 1.807) is 0 Å². The highest BCUT2D eigenvalue weighted by Crippen LogP contribution is 2.23. The second kappa shape index (κ2) is 5.58. The summed E-state index contributed by atoms with van der Waals surface area (Å²) in [5.74, 6) is 0. The van der Waals surface area contributed by atoms with Gasteiger partial charge in [-0.05, 0) is 44.1 Å². The number of fused-ring (bicyclic) bond motifs is 2. The van der Waals surface area contributed by atoms with Gasteiger partial charge in [0.25, 0.3) is 0 Å². The molecular formula is C19H19NO2. The first-order valence-corrected chi connectivity index (χ1v) is 7.99. The summed E-state index contributed by atoms with van der Waals surface area (Å²) in [5.41, 5.74) is 2.60. The van der Waals surface area contributed by atoms with Crippen molar-refractivity contribution in [3.63, 3.8) is 0 Å². The lowest BCUT2D eigenvalue weighted by atomic mass is 10.1. The number of hydrogen-bond donors (Lipinski definition) is 0. The molecule has 2 aromatic carbocycles. The molecule has 1 aliphatic rings. The molecule has 0 atom stereocenters. The average Bonchev–Trinajstić information content (AvgIpc) is 2.57. The van der Waals surface area contributed by atoms with Gasteiger partial charge in [0.05, 0.1) is 10.8 Å². The molecule has 1 saturated heterocycles. The van der Waals surface area contributed by atoms with E-state index in [0.29, 0.717) is 16.4 Å². The van der Waals surface area contributed by atoms with Crippen LogP contribution in [0.5, 0.6) is 0 Å². The van der Waals surface area contributed by atoms with E-state index < -0.39 is 0 Å². The Morgan fingerprint density at radius 1 is 0.909 bits per heavy atom. The molecule has 3 aromatic rings. The first kappa shape index (κ1) is 13.5. The molecule has 0 N–H and O–H groups in total. The smallest absolute Gasteiger partial charge is 0.200 e. The zero-order chi connectivity index (χ0) is 14.9. The fourth-order valence-corrected chi connectivity index (χ4v) is 3.37. The molecule has 2 heterocycles. The molecule has 0 radical (unpaired) electrons. The van der Waals surface area contributed by atoms with Gasteiger partial charge in [-0.15, -0.1) is 0 Å². The molecule has 1 aromatic heterocycles. The lowest BCUT2D eigenvalue weighted by Crippen LogP contribution is -2.29. The van der Waals surface area contributed by atoms with Crippen molar-refractivity contribution in [1.29, 1.82) is 0 Å². The van der Waals surface area contributed by atoms with Crippen molar-refractivity contribution < 1.29 is 4.42 Å². The van der Waals surface area contributed by atoms with Crippen LogP contribution < -0.4 is 5.43 Å². The first-order chi connectivity index (χ1) is 10.8. The normalized spacial score (nSPS) is 16.4. The van der Waals surface area contributed by atoms with Crippen LogP contribution >= 0.6 is 0 Å². The van der Waals surface area contributed by atoms with Crippen LogP contribution in [0.3, 0.4) is 0 Å². The van der Waals surface area contributed by atoms with Gasteiger partial charge in [0.1, 0.15) is 11.2 Å². The zero-order valence-corrected chi connectivity index (χ0v) is 12.5. The maximum absolute atomic E-state index is 12.7. The second-order valence-electron chi connectivity index (χ2n) is 6.06. The van der Waals surface area contributed by atoms with Crippen molar-refractivity contribution in [2.75, 3.05) is 13.1 Å². The molecule has 0 bridgehead atoms. The van der Waals surface area contributed by atoms with E-state index in [4.69, 9.17) is 4.42 Å². The Bertz CT molecular complexity index is 875. The van der Waals surface area contributed by atoms with Gasteiger partial charge in [0, 0.05) is 12.1 Å². The van der Waals surface area contributed by atoms with Gasteiger partial charge in [0.2, 0.25) is 5.43 Å². The van der Waals surface area contributed by atoms with E-state index in [0.717, 1.165) is 30.8 Å². The number of nitrogens with zero attached hydrogens (tertiary/aromatic N) is 1. The number of likely N-dealkylation sites (tertiary alicyclic amines) is 1. The van der Waals surface area contributed by atoms with Gasteiger partial charge in [0.15, 0.2) is 0 Å². The van der Waals surface area contributed by atoms with Gasteiger partial charge in [-0.3, -0.25) is 9.69 Å². The average molecular weight is 293 g/mol. The molecule has 0 spiro atoms. The lowest BCUT2D eigenvalue weighted by Gasteiger charge is -2.26. The molecule has 3 heteroatoms. The van der Waals surface area contributed by atoms with E-state index in [1.807, 2.05) is 36.4 Å².